The van der Waals surface area contributed by atoms with Gasteiger partial charge in [-0.15, -0.1) is 11.3 Å². The minimum Gasteiger partial charge on any atom is -0.478 e. The minimum absolute atomic E-state index is 0.00315. The van der Waals surface area contributed by atoms with Crippen molar-refractivity contribution < 1.29 is 19.0 Å². The molecule has 14 heteroatoms. The second-order valence-corrected chi connectivity index (χ2v) is 14.1. The van der Waals surface area contributed by atoms with E-state index in [-0.39, 0.29) is 47.9 Å². The van der Waals surface area contributed by atoms with Crippen LogP contribution in [0.3, 0.4) is 0 Å². The normalized spacial score (nSPS) is 16.0. The van der Waals surface area contributed by atoms with Gasteiger partial charge in [0.2, 0.25) is 0 Å². The smallest absolute Gasteiger partial charge is 0.338 e. The summed E-state index contributed by atoms with van der Waals surface area (Å²) in [6.45, 7) is 6.35. The van der Waals surface area contributed by atoms with Crippen molar-refractivity contribution >= 4 is 55.8 Å². The van der Waals surface area contributed by atoms with Crippen molar-refractivity contribution in [3.05, 3.63) is 79.9 Å². The van der Waals surface area contributed by atoms with E-state index in [0.717, 1.165) is 18.4 Å². The number of fused-ring (bicyclic) bond motifs is 2. The molecule has 0 aliphatic carbocycles. The highest BCUT2D eigenvalue weighted by Gasteiger charge is 2.41. The summed E-state index contributed by atoms with van der Waals surface area (Å²) < 4.78 is 21.9. The maximum atomic E-state index is 14.7. The summed E-state index contributed by atoms with van der Waals surface area (Å²) in [5.74, 6) is 6.09. The second-order valence-electron chi connectivity index (χ2n) is 12.8. The van der Waals surface area contributed by atoms with E-state index in [9.17, 15) is 24.3 Å². The molecule has 260 valence electrons. The number of carboxylic acids is 1. The van der Waals surface area contributed by atoms with Crippen LogP contribution in [-0.2, 0) is 11.3 Å². The lowest BCUT2D eigenvalue weighted by Crippen LogP contribution is -2.56. The number of halogens is 2. The molecule has 0 spiro atoms. The molecule has 2 fully saturated rings. The number of aryl methyl sites for hydroxylation is 1. The topological polar surface area (TPSA) is 137 Å². The van der Waals surface area contributed by atoms with Gasteiger partial charge in [0, 0.05) is 65.5 Å². The van der Waals surface area contributed by atoms with E-state index >= 15 is 0 Å². The molecular formula is C37H33ClFN7O4S. The van der Waals surface area contributed by atoms with Gasteiger partial charge in [0.1, 0.15) is 23.3 Å². The first-order chi connectivity index (χ1) is 24.6. The number of likely N-dealkylation sites (tertiary alicyclic amines) is 1. The maximum absolute atomic E-state index is 14.7. The molecule has 0 amide bonds. The van der Waals surface area contributed by atoms with Crippen LogP contribution in [0.1, 0.15) is 47.1 Å². The van der Waals surface area contributed by atoms with Crippen molar-refractivity contribution in [2.24, 2.45) is 0 Å². The second kappa shape index (κ2) is 14.0. The van der Waals surface area contributed by atoms with E-state index in [2.05, 4.69) is 42.7 Å². The van der Waals surface area contributed by atoms with Crippen molar-refractivity contribution in [2.75, 3.05) is 44.3 Å². The number of thiophene rings is 1. The lowest BCUT2D eigenvalue weighted by Gasteiger charge is -2.43. The van der Waals surface area contributed by atoms with E-state index in [1.807, 2.05) is 6.92 Å². The molecule has 7 rings (SSSR count). The number of nitrogens with zero attached hydrogens (tertiary/aromatic N) is 7. The van der Waals surface area contributed by atoms with E-state index in [0.29, 0.717) is 69.7 Å². The van der Waals surface area contributed by atoms with Crippen LogP contribution in [0.25, 0.3) is 32.2 Å². The van der Waals surface area contributed by atoms with E-state index in [1.54, 1.807) is 49.0 Å². The highest BCUT2D eigenvalue weighted by atomic mass is 35.5. The standard InChI is InChI=1S/C37H33ClFN7O4S/c1-3-45(25-9-13-44(14-10-25)19-37(39)20-50-21-37)34-28(16-40)31-30(17-42-34)43-22(2)46(35(31)47)12-4-5-23-6-7-24(38)15-27(23)26-8-11-41-32-29(36(48)49)18-51-33(26)32/h6-8,11,15,17-18,25H,3,9-10,12-14,19-21H2,1-2H3,(H,48,49). The Labute approximate surface area is 301 Å². The fraction of sp³-hybridized carbons (Fsp3) is 0.351. The zero-order valence-electron chi connectivity index (χ0n) is 27.9. The van der Waals surface area contributed by atoms with Gasteiger partial charge in [-0.3, -0.25) is 19.2 Å². The van der Waals surface area contributed by atoms with Crippen molar-refractivity contribution in [3.63, 3.8) is 0 Å². The van der Waals surface area contributed by atoms with Gasteiger partial charge in [-0.05, 0) is 51.0 Å². The van der Waals surface area contributed by atoms with Gasteiger partial charge in [0.15, 0.2) is 5.67 Å². The minimum atomic E-state index is -1.28. The highest BCUT2D eigenvalue weighted by molar-refractivity contribution is 7.18. The fourth-order valence-electron chi connectivity index (χ4n) is 6.96. The quantitative estimate of drug-likeness (QED) is 0.199. The molecule has 6 heterocycles. The number of aromatic carboxylic acids is 1. The summed E-state index contributed by atoms with van der Waals surface area (Å²) in [6, 6.07) is 9.39. The Kier molecular flexibility index (Phi) is 9.48. The number of anilines is 1. The lowest BCUT2D eigenvalue weighted by atomic mass is 9.98. The van der Waals surface area contributed by atoms with Crippen LogP contribution in [0.2, 0.25) is 5.02 Å². The number of aromatic nitrogens is 4. The number of piperidine rings is 1. The summed E-state index contributed by atoms with van der Waals surface area (Å²) in [5, 5.41) is 22.3. The number of rotatable bonds is 8. The number of carboxylic acid groups (broad SMARTS) is 1. The van der Waals surface area contributed by atoms with Gasteiger partial charge in [-0.1, -0.05) is 23.4 Å². The van der Waals surface area contributed by atoms with Crippen LogP contribution in [0, 0.1) is 30.1 Å². The van der Waals surface area contributed by atoms with Crippen LogP contribution >= 0.6 is 22.9 Å². The molecule has 51 heavy (non-hydrogen) atoms. The first kappa shape index (κ1) is 34.5. The van der Waals surface area contributed by atoms with Gasteiger partial charge in [0.25, 0.3) is 5.56 Å². The van der Waals surface area contributed by atoms with Gasteiger partial charge in [0.05, 0.1) is 52.6 Å². The molecule has 0 atom stereocenters. The van der Waals surface area contributed by atoms with Crippen LogP contribution in [0.4, 0.5) is 10.2 Å². The molecule has 11 nitrogen and oxygen atoms in total. The van der Waals surface area contributed by atoms with Crippen molar-refractivity contribution in [2.45, 2.75) is 44.9 Å². The molecule has 0 radical (unpaired) electrons. The number of nitriles is 1. The third-order valence-electron chi connectivity index (χ3n) is 9.54. The number of ether oxygens (including phenoxy) is 1. The Morgan fingerprint density at radius 3 is 2.71 bits per heavy atom. The lowest BCUT2D eigenvalue weighted by molar-refractivity contribution is -0.142. The third kappa shape index (κ3) is 6.54. The molecule has 0 saturated carbocycles. The fourth-order valence-corrected chi connectivity index (χ4v) is 8.16. The zero-order chi connectivity index (χ0) is 35.9. The van der Waals surface area contributed by atoms with Gasteiger partial charge in [-0.2, -0.15) is 5.26 Å². The average Bonchev–Trinajstić information content (AvgIpc) is 3.55. The largest absolute Gasteiger partial charge is 0.478 e. The summed E-state index contributed by atoms with van der Waals surface area (Å²) in [4.78, 5) is 43.6. The predicted molar refractivity (Wildman–Crippen MR) is 194 cm³/mol. The van der Waals surface area contributed by atoms with Gasteiger partial charge < -0.3 is 14.7 Å². The van der Waals surface area contributed by atoms with Crippen molar-refractivity contribution in [1.29, 1.82) is 5.26 Å². The Hall–Kier alpha value is -4.92. The Bertz CT molecular complexity index is 2350. The summed E-state index contributed by atoms with van der Waals surface area (Å²) >= 11 is 7.68. The van der Waals surface area contributed by atoms with Gasteiger partial charge in [-0.25, -0.2) is 19.2 Å². The predicted octanol–water partition coefficient (Wildman–Crippen LogP) is 5.68. The number of benzene rings is 1. The summed E-state index contributed by atoms with van der Waals surface area (Å²) in [6.07, 6.45) is 4.65. The molecule has 1 N–H and O–H groups in total. The monoisotopic (exact) mass is 725 g/mol. The molecule has 4 aromatic heterocycles. The molecule has 2 aliphatic rings. The molecular weight excluding hydrogens is 693 g/mol. The van der Waals surface area contributed by atoms with Crippen LogP contribution in [-0.4, -0.2) is 86.6 Å². The number of carbonyl (C=O) groups is 1. The number of hydrogen-bond acceptors (Lipinski definition) is 10. The first-order valence-electron chi connectivity index (χ1n) is 16.5. The highest BCUT2D eigenvalue weighted by Crippen LogP contribution is 2.36. The van der Waals surface area contributed by atoms with Gasteiger partial charge >= 0.3 is 5.97 Å². The first-order valence-corrected chi connectivity index (χ1v) is 17.8. The van der Waals surface area contributed by atoms with Crippen LogP contribution < -0.4 is 10.5 Å². The van der Waals surface area contributed by atoms with E-state index < -0.39 is 11.6 Å². The average molecular weight is 726 g/mol. The Balaban J connectivity index is 1.19. The summed E-state index contributed by atoms with van der Waals surface area (Å²) in [5.41, 5.74) is 1.43. The Morgan fingerprint density at radius 1 is 1.24 bits per heavy atom. The van der Waals surface area contributed by atoms with Crippen LogP contribution in [0.5, 0.6) is 0 Å². The SMILES string of the molecule is CCN(c1ncc2nc(C)n(CC#Cc3ccc(Cl)cc3-c3ccnc4c(C(=O)O)csc34)c(=O)c2c1C#N)C1CCN(CC2(F)COC2)CC1. The molecule has 0 bridgehead atoms. The Morgan fingerprint density at radius 2 is 2.02 bits per heavy atom. The van der Waals surface area contributed by atoms with Crippen LogP contribution in [0.15, 0.2) is 46.8 Å². The third-order valence-corrected chi connectivity index (χ3v) is 10.8. The zero-order valence-corrected chi connectivity index (χ0v) is 29.5. The number of hydrogen-bond donors (Lipinski definition) is 1. The number of pyridine rings is 2. The maximum Gasteiger partial charge on any atom is 0.338 e. The molecule has 1 aromatic carbocycles. The van der Waals surface area contributed by atoms with E-state index in [4.69, 9.17) is 16.3 Å². The molecule has 0 unspecified atom stereocenters. The van der Waals surface area contributed by atoms with E-state index in [1.165, 1.54) is 15.9 Å². The molecule has 2 aliphatic heterocycles. The summed E-state index contributed by atoms with van der Waals surface area (Å²) in [7, 11) is 0. The van der Waals surface area contributed by atoms with Crippen molar-refractivity contribution in [1.82, 2.24) is 24.4 Å². The number of alkyl halides is 1. The van der Waals surface area contributed by atoms with Crippen molar-refractivity contribution in [3.8, 4) is 29.0 Å². The molecule has 2 saturated heterocycles. The molecule has 5 aromatic rings.